The van der Waals surface area contributed by atoms with Crippen LogP contribution in [0.2, 0.25) is 5.02 Å². The minimum absolute atomic E-state index is 0.318. The van der Waals surface area contributed by atoms with E-state index in [0.717, 1.165) is 63.6 Å². The number of hydrogen-bond donors (Lipinski definition) is 2. The Balaban J connectivity index is 1.16. The lowest BCUT2D eigenvalue weighted by Crippen LogP contribution is -2.46. The summed E-state index contributed by atoms with van der Waals surface area (Å²) in [4.78, 5) is 4.85. The monoisotopic (exact) mass is 413 g/mol. The first-order valence-corrected chi connectivity index (χ1v) is 11.2. The number of hydrogen-bond acceptors (Lipinski definition) is 4. The van der Waals surface area contributed by atoms with E-state index in [1.807, 2.05) is 12.1 Å². The smallest absolute Gasteiger partial charge is 0.0791 e. The lowest BCUT2D eigenvalue weighted by atomic mass is 9.99. The number of likely N-dealkylation sites (tertiary alicyclic amines) is 1. The third-order valence-electron chi connectivity index (χ3n) is 6.26. The molecule has 2 aliphatic rings. The van der Waals surface area contributed by atoms with Crippen LogP contribution in [0.15, 0.2) is 48.5 Å². The molecule has 156 valence electrons. The molecule has 29 heavy (non-hydrogen) atoms. The van der Waals surface area contributed by atoms with Crippen LogP contribution in [0.4, 0.5) is 0 Å². The third kappa shape index (κ3) is 5.80. The number of nitrogens with zero attached hydrogens (tertiary/aromatic N) is 2. The minimum Gasteiger partial charge on any atom is -0.390 e. The summed E-state index contributed by atoms with van der Waals surface area (Å²) < 4.78 is 0. The zero-order chi connectivity index (χ0) is 20.1. The molecule has 1 fully saturated rings. The van der Waals surface area contributed by atoms with Gasteiger partial charge in [-0.15, -0.1) is 0 Å². The highest BCUT2D eigenvalue weighted by Gasteiger charge is 2.22. The van der Waals surface area contributed by atoms with Crippen LogP contribution in [0, 0.1) is 0 Å². The first-order chi connectivity index (χ1) is 14.2. The van der Waals surface area contributed by atoms with Gasteiger partial charge in [0.2, 0.25) is 0 Å². The molecular formula is C24H32ClN3O. The van der Waals surface area contributed by atoms with Crippen LogP contribution in [0.3, 0.4) is 0 Å². The largest absolute Gasteiger partial charge is 0.390 e. The van der Waals surface area contributed by atoms with E-state index in [1.165, 1.54) is 16.7 Å². The molecule has 0 spiro atoms. The molecule has 0 aliphatic carbocycles. The molecule has 2 aromatic carbocycles. The Morgan fingerprint density at radius 2 is 1.69 bits per heavy atom. The van der Waals surface area contributed by atoms with E-state index in [9.17, 15) is 5.11 Å². The van der Waals surface area contributed by atoms with Crippen LogP contribution >= 0.6 is 11.6 Å². The molecule has 2 aliphatic heterocycles. The Kier molecular flexibility index (Phi) is 7.22. The molecule has 2 N–H and O–H groups in total. The number of aliphatic hydroxyl groups is 1. The van der Waals surface area contributed by atoms with E-state index in [4.69, 9.17) is 11.6 Å². The van der Waals surface area contributed by atoms with Gasteiger partial charge < -0.3 is 10.4 Å². The summed E-state index contributed by atoms with van der Waals surface area (Å²) in [5.41, 5.74) is 4.07. The Labute approximate surface area is 179 Å². The van der Waals surface area contributed by atoms with Crippen molar-refractivity contribution in [2.45, 2.75) is 44.5 Å². The molecule has 0 bridgehead atoms. The average Bonchev–Trinajstić information content (AvgIpc) is 2.75. The van der Waals surface area contributed by atoms with Crippen LogP contribution < -0.4 is 5.32 Å². The molecule has 2 heterocycles. The van der Waals surface area contributed by atoms with Crippen molar-refractivity contribution in [1.29, 1.82) is 0 Å². The van der Waals surface area contributed by atoms with Gasteiger partial charge in [0, 0.05) is 43.8 Å². The Morgan fingerprint density at radius 1 is 0.966 bits per heavy atom. The summed E-state index contributed by atoms with van der Waals surface area (Å²) in [6, 6.07) is 17.3. The lowest BCUT2D eigenvalue weighted by molar-refractivity contribution is 0.0968. The van der Waals surface area contributed by atoms with E-state index in [1.54, 1.807) is 0 Å². The molecular weight excluding hydrogens is 382 g/mol. The highest BCUT2D eigenvalue weighted by molar-refractivity contribution is 6.31. The quantitative estimate of drug-likeness (QED) is 0.730. The highest BCUT2D eigenvalue weighted by atomic mass is 35.5. The van der Waals surface area contributed by atoms with Crippen molar-refractivity contribution < 1.29 is 5.11 Å². The van der Waals surface area contributed by atoms with Gasteiger partial charge in [0.25, 0.3) is 0 Å². The van der Waals surface area contributed by atoms with E-state index >= 15 is 0 Å². The second-order valence-electron chi connectivity index (χ2n) is 8.46. The molecule has 1 unspecified atom stereocenters. The number of benzene rings is 2. The van der Waals surface area contributed by atoms with Crippen LogP contribution in [0.5, 0.6) is 0 Å². The Morgan fingerprint density at radius 3 is 2.48 bits per heavy atom. The van der Waals surface area contributed by atoms with E-state index < -0.39 is 0 Å². The summed E-state index contributed by atoms with van der Waals surface area (Å²) in [6.07, 6.45) is 3.00. The standard InChI is InChI=1S/C24H32ClN3O/c25-24-8-4-3-7-21(24)17-27-13-10-22(11-14-27)26-15-23(29)18-28-12-9-19-5-1-2-6-20(19)16-28/h1-8,22-23,26,29H,9-18H2. The zero-order valence-electron chi connectivity index (χ0n) is 17.1. The summed E-state index contributed by atoms with van der Waals surface area (Å²) in [6.45, 7) is 6.47. The van der Waals surface area contributed by atoms with Gasteiger partial charge in [0.05, 0.1) is 6.10 Å². The number of rotatable bonds is 7. The van der Waals surface area contributed by atoms with Crippen molar-refractivity contribution >= 4 is 11.6 Å². The van der Waals surface area contributed by atoms with Crippen LogP contribution in [0.25, 0.3) is 0 Å². The molecule has 0 aromatic heterocycles. The predicted molar refractivity (Wildman–Crippen MR) is 119 cm³/mol. The number of halogens is 1. The number of piperidine rings is 1. The maximum atomic E-state index is 10.5. The second kappa shape index (κ2) is 10.1. The average molecular weight is 414 g/mol. The van der Waals surface area contributed by atoms with Crippen LogP contribution in [0.1, 0.15) is 29.5 Å². The van der Waals surface area contributed by atoms with Gasteiger partial charge in [0.15, 0.2) is 0 Å². The molecule has 1 atom stereocenters. The Bertz CT molecular complexity index is 791. The fraction of sp³-hybridized carbons (Fsp3) is 0.500. The number of fused-ring (bicyclic) bond motifs is 1. The van der Waals surface area contributed by atoms with E-state index in [2.05, 4.69) is 51.5 Å². The molecule has 4 rings (SSSR count). The summed E-state index contributed by atoms with van der Waals surface area (Å²) in [5.74, 6) is 0. The molecule has 0 amide bonds. The second-order valence-corrected chi connectivity index (χ2v) is 8.86. The summed E-state index contributed by atoms with van der Waals surface area (Å²) in [5, 5.41) is 15.0. The van der Waals surface area contributed by atoms with Crippen LogP contribution in [-0.2, 0) is 19.5 Å². The first-order valence-electron chi connectivity index (χ1n) is 10.8. The van der Waals surface area contributed by atoms with Gasteiger partial charge in [-0.1, -0.05) is 54.1 Å². The maximum absolute atomic E-state index is 10.5. The molecule has 0 radical (unpaired) electrons. The Hall–Kier alpha value is -1.43. The lowest BCUT2D eigenvalue weighted by Gasteiger charge is -2.34. The SMILES string of the molecule is OC(CNC1CCN(Cc2ccccc2Cl)CC1)CN1CCc2ccccc2C1. The summed E-state index contributed by atoms with van der Waals surface area (Å²) in [7, 11) is 0. The number of β-amino-alcohol motifs (C(OH)–C–C–N with tert-alkyl or cyclic N) is 1. The highest BCUT2D eigenvalue weighted by Crippen LogP contribution is 2.20. The first kappa shape index (κ1) is 20.8. The van der Waals surface area contributed by atoms with Gasteiger partial charge in [-0.05, 0) is 55.1 Å². The molecule has 2 aromatic rings. The molecule has 4 nitrogen and oxygen atoms in total. The number of aliphatic hydroxyl groups excluding tert-OH is 1. The fourth-order valence-electron chi connectivity index (χ4n) is 4.54. The topological polar surface area (TPSA) is 38.7 Å². The van der Waals surface area contributed by atoms with Gasteiger partial charge in [-0.25, -0.2) is 0 Å². The van der Waals surface area contributed by atoms with Crippen molar-refractivity contribution in [3.63, 3.8) is 0 Å². The molecule has 0 saturated carbocycles. The van der Waals surface area contributed by atoms with Gasteiger partial charge in [-0.2, -0.15) is 0 Å². The van der Waals surface area contributed by atoms with Gasteiger partial charge >= 0.3 is 0 Å². The molecule has 5 heteroatoms. The van der Waals surface area contributed by atoms with E-state index in [0.29, 0.717) is 12.6 Å². The zero-order valence-corrected chi connectivity index (χ0v) is 17.8. The van der Waals surface area contributed by atoms with Gasteiger partial charge in [0.1, 0.15) is 0 Å². The van der Waals surface area contributed by atoms with Crippen molar-refractivity contribution in [1.82, 2.24) is 15.1 Å². The normalized spacial score (nSPS) is 19.8. The number of nitrogens with one attached hydrogen (secondary N) is 1. The van der Waals surface area contributed by atoms with Gasteiger partial charge in [-0.3, -0.25) is 9.80 Å². The van der Waals surface area contributed by atoms with Crippen molar-refractivity contribution in [2.75, 3.05) is 32.7 Å². The van der Waals surface area contributed by atoms with Crippen LogP contribution in [-0.4, -0.2) is 59.8 Å². The van der Waals surface area contributed by atoms with E-state index in [-0.39, 0.29) is 6.10 Å². The third-order valence-corrected chi connectivity index (χ3v) is 6.63. The van der Waals surface area contributed by atoms with Crippen molar-refractivity contribution in [3.05, 3.63) is 70.2 Å². The predicted octanol–water partition coefficient (Wildman–Crippen LogP) is 3.31. The molecule has 1 saturated heterocycles. The minimum atomic E-state index is -0.318. The maximum Gasteiger partial charge on any atom is 0.0791 e. The summed E-state index contributed by atoms with van der Waals surface area (Å²) >= 11 is 6.29. The fourth-order valence-corrected chi connectivity index (χ4v) is 4.73. The van der Waals surface area contributed by atoms with Crippen molar-refractivity contribution in [3.8, 4) is 0 Å². The van der Waals surface area contributed by atoms with Crippen molar-refractivity contribution in [2.24, 2.45) is 0 Å².